The summed E-state index contributed by atoms with van der Waals surface area (Å²) >= 11 is 0. The molecule has 0 radical (unpaired) electrons. The molecule has 0 bridgehead atoms. The minimum atomic E-state index is 0.142. The maximum atomic E-state index is 5.75. The Morgan fingerprint density at radius 1 is 1.47 bits per heavy atom. The van der Waals surface area contributed by atoms with Gasteiger partial charge in [0.05, 0.1) is 6.04 Å². The molecule has 0 saturated heterocycles. The average molecular weight is 206 g/mol. The molecule has 2 rings (SSSR count). The van der Waals surface area contributed by atoms with Gasteiger partial charge in [0.1, 0.15) is 11.5 Å². The zero-order valence-corrected chi connectivity index (χ0v) is 9.07. The molecule has 0 aromatic carbocycles. The molecule has 1 aromatic heterocycles. The molecular weight excluding hydrogens is 188 g/mol. The normalized spacial score (nSPS) is 18.5. The molecule has 0 fully saturated rings. The van der Waals surface area contributed by atoms with Gasteiger partial charge >= 0.3 is 0 Å². The van der Waals surface area contributed by atoms with Gasteiger partial charge in [-0.25, -0.2) is 0 Å². The van der Waals surface area contributed by atoms with Crippen LogP contribution in [0.25, 0.3) is 0 Å². The van der Waals surface area contributed by atoms with Crippen LogP contribution in [0.2, 0.25) is 0 Å². The average Bonchev–Trinajstić information content (AvgIpc) is 2.85. The fraction of sp³-hybridized carbons (Fsp3) is 0.500. The lowest BCUT2D eigenvalue weighted by Gasteiger charge is -2.19. The summed E-state index contributed by atoms with van der Waals surface area (Å²) in [7, 11) is 0. The van der Waals surface area contributed by atoms with Crippen LogP contribution in [0.3, 0.4) is 0 Å². The second-order valence-electron chi connectivity index (χ2n) is 4.04. The van der Waals surface area contributed by atoms with Crippen molar-refractivity contribution in [2.75, 3.05) is 6.54 Å². The van der Waals surface area contributed by atoms with E-state index in [0.717, 1.165) is 24.4 Å². The Bertz CT molecular complexity index is 335. The highest BCUT2D eigenvalue weighted by molar-refractivity contribution is 5.11. The van der Waals surface area contributed by atoms with Crippen molar-refractivity contribution in [3.05, 3.63) is 35.8 Å². The van der Waals surface area contributed by atoms with Gasteiger partial charge in [-0.3, -0.25) is 0 Å². The summed E-state index contributed by atoms with van der Waals surface area (Å²) in [6, 6.07) is 4.64. The van der Waals surface area contributed by atoms with Gasteiger partial charge in [-0.1, -0.05) is 12.2 Å². The van der Waals surface area contributed by atoms with E-state index in [1.54, 1.807) is 0 Å². The topological polar surface area (TPSA) is 51.2 Å². The van der Waals surface area contributed by atoms with E-state index in [4.69, 9.17) is 10.2 Å². The second kappa shape index (κ2) is 4.64. The van der Waals surface area contributed by atoms with E-state index >= 15 is 0 Å². The van der Waals surface area contributed by atoms with Gasteiger partial charge in [0.15, 0.2) is 0 Å². The monoisotopic (exact) mass is 206 g/mol. The predicted molar refractivity (Wildman–Crippen MR) is 60.5 cm³/mol. The molecule has 3 N–H and O–H groups in total. The van der Waals surface area contributed by atoms with Gasteiger partial charge in [-0.05, 0) is 31.9 Å². The van der Waals surface area contributed by atoms with Crippen molar-refractivity contribution < 1.29 is 4.42 Å². The Morgan fingerprint density at radius 3 is 2.73 bits per heavy atom. The number of furan rings is 1. The maximum Gasteiger partial charge on any atom is 0.122 e. The number of nitrogens with one attached hydrogen (secondary N) is 1. The highest BCUT2D eigenvalue weighted by Crippen LogP contribution is 2.19. The second-order valence-corrected chi connectivity index (χ2v) is 4.04. The highest BCUT2D eigenvalue weighted by Gasteiger charge is 2.18. The van der Waals surface area contributed by atoms with Crippen LogP contribution in [0.5, 0.6) is 0 Å². The molecule has 1 atom stereocenters. The summed E-state index contributed by atoms with van der Waals surface area (Å²) in [6.45, 7) is 2.53. The van der Waals surface area contributed by atoms with Crippen LogP contribution in [-0.2, 0) is 0 Å². The van der Waals surface area contributed by atoms with Crippen LogP contribution in [0, 0.1) is 6.92 Å². The first-order valence-electron chi connectivity index (χ1n) is 5.47. The quantitative estimate of drug-likeness (QED) is 0.740. The molecule has 1 aliphatic carbocycles. The molecule has 0 aliphatic heterocycles. The molecule has 1 aromatic rings. The van der Waals surface area contributed by atoms with Crippen LogP contribution in [-0.4, -0.2) is 12.6 Å². The Kier molecular flexibility index (Phi) is 3.23. The largest absolute Gasteiger partial charge is 0.465 e. The Balaban J connectivity index is 1.97. The van der Waals surface area contributed by atoms with Crippen molar-refractivity contribution in [3.8, 4) is 0 Å². The van der Waals surface area contributed by atoms with Crippen molar-refractivity contribution in [1.82, 2.24) is 5.32 Å². The van der Waals surface area contributed by atoms with Crippen LogP contribution in [0.1, 0.15) is 30.4 Å². The first-order chi connectivity index (χ1) is 7.29. The van der Waals surface area contributed by atoms with E-state index in [1.807, 2.05) is 19.1 Å². The molecule has 0 amide bonds. The lowest BCUT2D eigenvalue weighted by molar-refractivity contribution is 0.373. The summed E-state index contributed by atoms with van der Waals surface area (Å²) in [6.07, 6.45) is 6.60. The van der Waals surface area contributed by atoms with Crippen LogP contribution >= 0.6 is 0 Å². The SMILES string of the molecule is Cc1ccc(C(CN)NC2CC=CC2)o1. The molecule has 15 heavy (non-hydrogen) atoms. The molecule has 82 valence electrons. The predicted octanol–water partition coefficient (Wildman–Crippen LogP) is 1.90. The van der Waals surface area contributed by atoms with E-state index in [2.05, 4.69) is 17.5 Å². The van der Waals surface area contributed by atoms with E-state index in [0.29, 0.717) is 12.6 Å². The minimum Gasteiger partial charge on any atom is -0.465 e. The smallest absolute Gasteiger partial charge is 0.122 e. The Labute approximate surface area is 90.3 Å². The molecule has 1 heterocycles. The van der Waals surface area contributed by atoms with Gasteiger partial charge in [-0.15, -0.1) is 0 Å². The summed E-state index contributed by atoms with van der Waals surface area (Å²) in [5, 5.41) is 3.51. The summed E-state index contributed by atoms with van der Waals surface area (Å²) in [5.74, 6) is 1.89. The molecule has 0 saturated carbocycles. The summed E-state index contributed by atoms with van der Waals surface area (Å²) in [5.41, 5.74) is 5.75. The fourth-order valence-corrected chi connectivity index (χ4v) is 1.94. The summed E-state index contributed by atoms with van der Waals surface area (Å²) in [4.78, 5) is 0. The Morgan fingerprint density at radius 2 is 2.20 bits per heavy atom. The van der Waals surface area contributed by atoms with Crippen molar-refractivity contribution in [3.63, 3.8) is 0 Å². The first kappa shape index (κ1) is 10.5. The van der Waals surface area contributed by atoms with Gasteiger partial charge in [0.2, 0.25) is 0 Å². The fourth-order valence-electron chi connectivity index (χ4n) is 1.94. The first-order valence-corrected chi connectivity index (χ1v) is 5.47. The van der Waals surface area contributed by atoms with E-state index in [9.17, 15) is 0 Å². The van der Waals surface area contributed by atoms with Gasteiger partial charge < -0.3 is 15.5 Å². The maximum absolute atomic E-state index is 5.75. The highest BCUT2D eigenvalue weighted by atomic mass is 16.3. The number of hydrogen-bond donors (Lipinski definition) is 2. The molecule has 3 nitrogen and oxygen atoms in total. The lowest BCUT2D eigenvalue weighted by Crippen LogP contribution is -2.35. The van der Waals surface area contributed by atoms with E-state index in [-0.39, 0.29) is 6.04 Å². The van der Waals surface area contributed by atoms with Crippen molar-refractivity contribution in [2.45, 2.75) is 31.8 Å². The molecule has 1 aliphatic rings. The van der Waals surface area contributed by atoms with Crippen molar-refractivity contribution in [2.24, 2.45) is 5.73 Å². The lowest BCUT2D eigenvalue weighted by atomic mass is 10.1. The van der Waals surface area contributed by atoms with Crippen molar-refractivity contribution >= 4 is 0 Å². The third kappa shape index (κ3) is 2.49. The van der Waals surface area contributed by atoms with Crippen molar-refractivity contribution in [1.29, 1.82) is 0 Å². The zero-order chi connectivity index (χ0) is 10.7. The van der Waals surface area contributed by atoms with E-state index < -0.39 is 0 Å². The Hall–Kier alpha value is -1.06. The number of rotatable bonds is 4. The standard InChI is InChI=1S/C12H18N2O/c1-9-6-7-12(15-9)11(8-13)14-10-4-2-3-5-10/h2-3,6-7,10-11,14H,4-5,8,13H2,1H3. The molecule has 0 spiro atoms. The summed E-state index contributed by atoms with van der Waals surface area (Å²) < 4.78 is 5.58. The van der Waals surface area contributed by atoms with Gasteiger partial charge in [0.25, 0.3) is 0 Å². The number of hydrogen-bond acceptors (Lipinski definition) is 3. The zero-order valence-electron chi connectivity index (χ0n) is 9.07. The van der Waals surface area contributed by atoms with Crippen LogP contribution in [0.15, 0.2) is 28.7 Å². The van der Waals surface area contributed by atoms with Crippen LogP contribution in [0.4, 0.5) is 0 Å². The number of aryl methyl sites for hydroxylation is 1. The van der Waals surface area contributed by atoms with Gasteiger partial charge in [0, 0.05) is 12.6 Å². The van der Waals surface area contributed by atoms with Crippen LogP contribution < -0.4 is 11.1 Å². The third-order valence-electron chi connectivity index (χ3n) is 2.79. The molecular formula is C12H18N2O. The minimum absolute atomic E-state index is 0.142. The molecule has 3 heteroatoms. The van der Waals surface area contributed by atoms with Gasteiger partial charge in [-0.2, -0.15) is 0 Å². The van der Waals surface area contributed by atoms with E-state index in [1.165, 1.54) is 0 Å². The third-order valence-corrected chi connectivity index (χ3v) is 2.79. The molecule has 1 unspecified atom stereocenters. The number of nitrogens with two attached hydrogens (primary N) is 1.